The van der Waals surface area contributed by atoms with Gasteiger partial charge in [-0.25, -0.2) is 0 Å². The molecule has 1 unspecified atom stereocenters. The molecule has 3 nitrogen and oxygen atoms in total. The Kier molecular flexibility index (Phi) is 4.27. The van der Waals surface area contributed by atoms with Gasteiger partial charge in [0.25, 0.3) is 0 Å². The van der Waals surface area contributed by atoms with Crippen LogP contribution in [0.2, 0.25) is 0 Å². The van der Waals surface area contributed by atoms with Crippen molar-refractivity contribution in [1.29, 1.82) is 0 Å². The smallest absolute Gasteiger partial charge is 0.325 e. The number of thiocarbonyl (C=S) groups is 1. The van der Waals surface area contributed by atoms with Crippen LogP contribution in [-0.2, 0) is 4.79 Å². The lowest BCUT2D eigenvalue weighted by Gasteiger charge is -2.11. The molecule has 4 heteroatoms. The molecule has 0 heterocycles. The second-order valence-corrected chi connectivity index (χ2v) is 4.99. The minimum absolute atomic E-state index is 0.547. The summed E-state index contributed by atoms with van der Waals surface area (Å²) >= 11 is 5.50. The molecule has 0 radical (unpaired) electrons. The van der Waals surface area contributed by atoms with Crippen molar-refractivity contribution in [2.24, 2.45) is 5.73 Å². The summed E-state index contributed by atoms with van der Waals surface area (Å²) in [4.78, 5) is 11.6. The molecule has 2 aromatic rings. The van der Waals surface area contributed by atoms with E-state index in [0.717, 1.165) is 16.7 Å². The second-order valence-electron chi connectivity index (χ2n) is 4.59. The van der Waals surface area contributed by atoms with Crippen LogP contribution in [0.25, 0.3) is 0 Å². The van der Waals surface area contributed by atoms with Gasteiger partial charge >= 0.3 is 5.97 Å². The maximum atomic E-state index is 10.9. The van der Waals surface area contributed by atoms with Crippen LogP contribution < -0.4 is 5.73 Å². The highest BCUT2D eigenvalue weighted by molar-refractivity contribution is 7.81. The van der Waals surface area contributed by atoms with Crippen molar-refractivity contribution in [2.75, 3.05) is 0 Å². The molecule has 1 atom stereocenters. The Labute approximate surface area is 123 Å². The van der Waals surface area contributed by atoms with Gasteiger partial charge in [0.15, 0.2) is 0 Å². The van der Waals surface area contributed by atoms with Gasteiger partial charge in [-0.1, -0.05) is 54.7 Å². The van der Waals surface area contributed by atoms with E-state index in [2.05, 4.69) is 0 Å². The van der Waals surface area contributed by atoms with Crippen LogP contribution in [0, 0.1) is 6.92 Å². The first-order valence-corrected chi connectivity index (χ1v) is 6.60. The average molecular weight is 285 g/mol. The maximum absolute atomic E-state index is 10.9. The zero-order chi connectivity index (χ0) is 14.7. The van der Waals surface area contributed by atoms with E-state index in [0.29, 0.717) is 10.4 Å². The maximum Gasteiger partial charge on any atom is 0.325 e. The predicted molar refractivity (Wildman–Crippen MR) is 83.0 cm³/mol. The largest absolute Gasteiger partial charge is 0.480 e. The first-order valence-electron chi connectivity index (χ1n) is 6.19. The molecule has 0 saturated carbocycles. The van der Waals surface area contributed by atoms with Crippen molar-refractivity contribution >= 4 is 23.1 Å². The van der Waals surface area contributed by atoms with Crippen LogP contribution in [0.1, 0.15) is 28.3 Å². The molecular weight excluding hydrogens is 270 g/mol. The molecule has 0 aliphatic heterocycles. The van der Waals surface area contributed by atoms with Gasteiger partial charge in [0, 0.05) is 0 Å². The highest BCUT2D eigenvalue weighted by atomic mass is 32.1. The van der Waals surface area contributed by atoms with E-state index in [1.54, 1.807) is 18.2 Å². The van der Waals surface area contributed by atoms with E-state index in [1.807, 2.05) is 37.3 Å². The third kappa shape index (κ3) is 2.92. The monoisotopic (exact) mass is 285 g/mol. The minimum Gasteiger partial charge on any atom is -0.480 e. The molecule has 2 rings (SSSR count). The van der Waals surface area contributed by atoms with Gasteiger partial charge in [0.1, 0.15) is 6.04 Å². The summed E-state index contributed by atoms with van der Waals surface area (Å²) in [6.07, 6.45) is 0. The Morgan fingerprint density at radius 1 is 1.20 bits per heavy atom. The van der Waals surface area contributed by atoms with Gasteiger partial charge in [0.2, 0.25) is 0 Å². The number of hydrogen-bond acceptors (Lipinski definition) is 3. The topological polar surface area (TPSA) is 63.3 Å². The third-order valence-corrected chi connectivity index (χ3v) is 3.62. The Morgan fingerprint density at radius 3 is 2.55 bits per heavy atom. The van der Waals surface area contributed by atoms with Crippen LogP contribution in [0.15, 0.2) is 48.5 Å². The zero-order valence-corrected chi connectivity index (χ0v) is 11.9. The molecular formula is C16H15NO2S. The lowest BCUT2D eigenvalue weighted by molar-refractivity contribution is -0.138. The van der Waals surface area contributed by atoms with E-state index in [9.17, 15) is 4.79 Å². The Balaban J connectivity index is 2.39. The van der Waals surface area contributed by atoms with Gasteiger partial charge in [0.05, 0.1) is 4.86 Å². The van der Waals surface area contributed by atoms with E-state index in [4.69, 9.17) is 23.1 Å². The van der Waals surface area contributed by atoms with Crippen LogP contribution in [0.4, 0.5) is 0 Å². The van der Waals surface area contributed by atoms with Gasteiger partial charge in [-0.05, 0) is 35.2 Å². The molecule has 0 bridgehead atoms. The van der Waals surface area contributed by atoms with Gasteiger partial charge in [-0.3, -0.25) is 4.79 Å². The summed E-state index contributed by atoms with van der Waals surface area (Å²) in [5, 5.41) is 8.97. The standard InChI is InChI=1S/C16H15NO2S/c1-10-5-2-3-8-13(10)15(20)12-7-4-6-11(9-12)14(17)16(18)19/h2-9,14H,17H2,1H3,(H,18,19). The Hall–Kier alpha value is -2.04. The number of carboxylic acids is 1. The number of carboxylic acid groups (broad SMARTS) is 1. The summed E-state index contributed by atoms with van der Waals surface area (Å²) in [5.41, 5.74) is 9.05. The molecule has 0 aliphatic rings. The van der Waals surface area contributed by atoms with Crippen molar-refractivity contribution in [1.82, 2.24) is 0 Å². The van der Waals surface area contributed by atoms with E-state index < -0.39 is 12.0 Å². The fraction of sp³-hybridized carbons (Fsp3) is 0.125. The second kappa shape index (κ2) is 5.94. The van der Waals surface area contributed by atoms with Crippen LogP contribution >= 0.6 is 12.2 Å². The van der Waals surface area contributed by atoms with Crippen LogP contribution in [0.5, 0.6) is 0 Å². The molecule has 0 aliphatic carbocycles. The normalized spacial score (nSPS) is 11.9. The third-order valence-electron chi connectivity index (χ3n) is 3.16. The van der Waals surface area contributed by atoms with E-state index in [1.165, 1.54) is 0 Å². The molecule has 0 aromatic heterocycles. The van der Waals surface area contributed by atoms with E-state index in [-0.39, 0.29) is 0 Å². The molecule has 0 spiro atoms. The summed E-state index contributed by atoms with van der Waals surface area (Å²) in [7, 11) is 0. The molecule has 0 amide bonds. The first kappa shape index (κ1) is 14.4. The number of hydrogen-bond donors (Lipinski definition) is 2. The number of aliphatic carboxylic acids is 1. The zero-order valence-electron chi connectivity index (χ0n) is 11.0. The number of carbonyl (C=O) groups is 1. The van der Waals surface area contributed by atoms with Crippen molar-refractivity contribution < 1.29 is 9.90 Å². The van der Waals surface area contributed by atoms with Crippen molar-refractivity contribution in [2.45, 2.75) is 13.0 Å². The first-order chi connectivity index (χ1) is 9.50. The lowest BCUT2D eigenvalue weighted by Crippen LogP contribution is -2.20. The van der Waals surface area contributed by atoms with Gasteiger partial charge < -0.3 is 10.8 Å². The minimum atomic E-state index is -1.05. The summed E-state index contributed by atoms with van der Waals surface area (Å²) in [6.45, 7) is 1.99. The van der Waals surface area contributed by atoms with Crippen LogP contribution in [0.3, 0.4) is 0 Å². The Bertz CT molecular complexity index is 667. The molecule has 0 saturated heterocycles. The quantitative estimate of drug-likeness (QED) is 0.670. The molecule has 20 heavy (non-hydrogen) atoms. The summed E-state index contributed by atoms with van der Waals surface area (Å²) < 4.78 is 0. The van der Waals surface area contributed by atoms with Crippen LogP contribution in [-0.4, -0.2) is 15.9 Å². The van der Waals surface area contributed by atoms with Crippen molar-refractivity contribution in [3.63, 3.8) is 0 Å². The van der Waals surface area contributed by atoms with Crippen molar-refractivity contribution in [3.8, 4) is 0 Å². The fourth-order valence-electron chi connectivity index (χ4n) is 2.00. The molecule has 3 N–H and O–H groups in total. The Morgan fingerprint density at radius 2 is 1.90 bits per heavy atom. The summed E-state index contributed by atoms with van der Waals surface area (Å²) in [6, 6.07) is 13.9. The highest BCUT2D eigenvalue weighted by Gasteiger charge is 2.15. The summed E-state index contributed by atoms with van der Waals surface area (Å²) in [5.74, 6) is -1.05. The fourth-order valence-corrected chi connectivity index (χ4v) is 2.36. The molecule has 102 valence electrons. The van der Waals surface area contributed by atoms with Gasteiger partial charge in [-0.15, -0.1) is 0 Å². The van der Waals surface area contributed by atoms with E-state index >= 15 is 0 Å². The lowest BCUT2D eigenvalue weighted by atomic mass is 9.97. The highest BCUT2D eigenvalue weighted by Crippen LogP contribution is 2.18. The molecule has 0 fully saturated rings. The van der Waals surface area contributed by atoms with Gasteiger partial charge in [-0.2, -0.15) is 0 Å². The number of rotatable bonds is 4. The van der Waals surface area contributed by atoms with Crippen molar-refractivity contribution in [3.05, 3.63) is 70.8 Å². The average Bonchev–Trinajstić information content (AvgIpc) is 2.46. The number of aryl methyl sites for hydroxylation is 1. The SMILES string of the molecule is Cc1ccccc1C(=S)c1cccc(C(N)C(=O)O)c1. The predicted octanol–water partition coefficient (Wildman–Crippen LogP) is 2.85. The molecule has 2 aromatic carbocycles. The number of nitrogens with two attached hydrogens (primary N) is 1. The number of benzene rings is 2.